The Hall–Kier alpha value is -1.55. The molecule has 2 N–H and O–H groups in total. The molecule has 0 saturated carbocycles. The molecular formula is C14H19NO3. The van der Waals surface area contributed by atoms with Gasteiger partial charge in [-0.3, -0.25) is 4.79 Å². The second-order valence-corrected chi connectivity index (χ2v) is 5.13. The number of benzene rings is 1. The van der Waals surface area contributed by atoms with Gasteiger partial charge >= 0.3 is 0 Å². The molecule has 4 heteroatoms. The molecule has 1 heterocycles. The van der Waals surface area contributed by atoms with Gasteiger partial charge in [-0.25, -0.2) is 0 Å². The molecule has 1 aliphatic heterocycles. The van der Waals surface area contributed by atoms with Crippen LogP contribution in [-0.2, 0) is 10.2 Å². The van der Waals surface area contributed by atoms with Gasteiger partial charge in [0.15, 0.2) is 0 Å². The summed E-state index contributed by atoms with van der Waals surface area (Å²) < 4.78 is 5.64. The molecular weight excluding hydrogens is 230 g/mol. The maximum atomic E-state index is 11.9. The Morgan fingerprint density at radius 3 is 2.83 bits per heavy atom. The van der Waals surface area contributed by atoms with Crippen molar-refractivity contribution in [3.8, 4) is 5.75 Å². The summed E-state index contributed by atoms with van der Waals surface area (Å²) in [5.41, 5.74) is 1.08. The number of ether oxygens (including phenoxy) is 1. The number of amides is 1. The van der Waals surface area contributed by atoms with Crippen LogP contribution in [0.5, 0.6) is 5.75 Å². The fraction of sp³-hybridized carbons (Fsp3) is 0.500. The predicted octanol–water partition coefficient (Wildman–Crippen LogP) is 2.07. The first-order valence-corrected chi connectivity index (χ1v) is 6.22. The third kappa shape index (κ3) is 2.08. The highest BCUT2D eigenvalue weighted by atomic mass is 16.5. The third-order valence-corrected chi connectivity index (χ3v) is 3.37. The van der Waals surface area contributed by atoms with Crippen molar-refractivity contribution >= 4 is 11.6 Å². The van der Waals surface area contributed by atoms with Crippen LogP contribution in [0.25, 0.3) is 0 Å². The smallest absolute Gasteiger partial charge is 0.234 e. The highest BCUT2D eigenvalue weighted by Crippen LogP contribution is 2.43. The lowest BCUT2D eigenvalue weighted by molar-refractivity contribution is -0.119. The minimum Gasteiger partial charge on any atom is -0.490 e. The predicted molar refractivity (Wildman–Crippen MR) is 69.9 cm³/mol. The number of fused-ring (bicyclic) bond motifs is 1. The molecule has 0 radical (unpaired) electrons. The van der Waals surface area contributed by atoms with Gasteiger partial charge in [-0.05, 0) is 32.4 Å². The van der Waals surface area contributed by atoms with Crippen LogP contribution in [0.1, 0.15) is 32.8 Å². The van der Waals surface area contributed by atoms with Crippen LogP contribution in [0.4, 0.5) is 5.69 Å². The van der Waals surface area contributed by atoms with Gasteiger partial charge in [0, 0.05) is 11.3 Å². The molecule has 0 bridgehead atoms. The number of aliphatic hydroxyl groups excluding tert-OH is 1. The Labute approximate surface area is 107 Å². The minimum absolute atomic E-state index is 0.0235. The lowest BCUT2D eigenvalue weighted by atomic mass is 9.85. The molecule has 0 fully saturated rings. The first kappa shape index (κ1) is 12.9. The normalized spacial score (nSPS) is 18.1. The van der Waals surface area contributed by atoms with E-state index in [-0.39, 0.29) is 12.5 Å². The van der Waals surface area contributed by atoms with Gasteiger partial charge < -0.3 is 15.2 Å². The molecule has 0 spiro atoms. The molecule has 4 nitrogen and oxygen atoms in total. The minimum atomic E-state index is -0.594. The lowest BCUT2D eigenvalue weighted by Crippen LogP contribution is -2.27. The van der Waals surface area contributed by atoms with Crippen LogP contribution in [0, 0.1) is 0 Å². The van der Waals surface area contributed by atoms with E-state index in [0.29, 0.717) is 12.2 Å². The maximum Gasteiger partial charge on any atom is 0.234 e. The topological polar surface area (TPSA) is 58.6 Å². The molecule has 1 aromatic rings. The number of hydrogen-bond donors (Lipinski definition) is 2. The van der Waals surface area contributed by atoms with Crippen molar-refractivity contribution in [3.63, 3.8) is 0 Å². The first-order chi connectivity index (χ1) is 8.46. The van der Waals surface area contributed by atoms with Crippen molar-refractivity contribution in [2.75, 3.05) is 11.9 Å². The fourth-order valence-electron chi connectivity index (χ4n) is 2.10. The second-order valence-electron chi connectivity index (χ2n) is 5.13. The van der Waals surface area contributed by atoms with Crippen LogP contribution >= 0.6 is 0 Å². The molecule has 0 aromatic heterocycles. The Kier molecular flexibility index (Phi) is 3.30. The Balaban J connectivity index is 2.29. The van der Waals surface area contributed by atoms with E-state index in [9.17, 15) is 9.90 Å². The zero-order valence-corrected chi connectivity index (χ0v) is 11.0. The molecule has 0 aliphatic carbocycles. The van der Waals surface area contributed by atoms with Crippen LogP contribution in [0.2, 0.25) is 0 Å². The summed E-state index contributed by atoms with van der Waals surface area (Å²) in [6, 6.07) is 5.54. The number of nitrogens with one attached hydrogen (secondary N) is 1. The number of carbonyl (C=O) groups is 1. The molecule has 98 valence electrons. The molecule has 1 aliphatic rings. The number of carbonyl (C=O) groups excluding carboxylic acids is 1. The largest absolute Gasteiger partial charge is 0.490 e. The molecule has 0 saturated heterocycles. The van der Waals surface area contributed by atoms with E-state index in [0.717, 1.165) is 11.3 Å². The van der Waals surface area contributed by atoms with Crippen molar-refractivity contribution in [3.05, 3.63) is 23.8 Å². The quantitative estimate of drug-likeness (QED) is 0.858. The van der Waals surface area contributed by atoms with Crippen molar-refractivity contribution in [2.24, 2.45) is 0 Å². The summed E-state index contributed by atoms with van der Waals surface area (Å²) in [6.45, 7) is 5.89. The molecule has 1 amide bonds. The highest BCUT2D eigenvalue weighted by Gasteiger charge is 2.40. The van der Waals surface area contributed by atoms with Crippen LogP contribution < -0.4 is 10.1 Å². The zero-order valence-electron chi connectivity index (χ0n) is 11.0. The SMILES string of the molecule is CCC(O)COc1cccc2c1C(C)(C)C(=O)N2. The van der Waals surface area contributed by atoms with E-state index in [1.807, 2.05) is 39.0 Å². The van der Waals surface area contributed by atoms with Crippen LogP contribution in [0.15, 0.2) is 18.2 Å². The average molecular weight is 249 g/mol. The van der Waals surface area contributed by atoms with Crippen molar-refractivity contribution in [2.45, 2.75) is 38.7 Å². The average Bonchev–Trinajstić information content (AvgIpc) is 2.58. The van der Waals surface area contributed by atoms with Gasteiger partial charge in [0.2, 0.25) is 5.91 Å². The van der Waals surface area contributed by atoms with Gasteiger partial charge in [0.25, 0.3) is 0 Å². The monoisotopic (exact) mass is 249 g/mol. The van der Waals surface area contributed by atoms with E-state index < -0.39 is 11.5 Å². The van der Waals surface area contributed by atoms with E-state index >= 15 is 0 Å². The van der Waals surface area contributed by atoms with Gasteiger partial charge in [-0.1, -0.05) is 13.0 Å². The van der Waals surface area contributed by atoms with E-state index in [2.05, 4.69) is 5.32 Å². The van der Waals surface area contributed by atoms with E-state index in [4.69, 9.17) is 4.74 Å². The van der Waals surface area contributed by atoms with Gasteiger partial charge in [0.1, 0.15) is 12.4 Å². The Morgan fingerprint density at radius 2 is 2.17 bits per heavy atom. The summed E-state index contributed by atoms with van der Waals surface area (Å²) in [7, 11) is 0. The second kappa shape index (κ2) is 4.61. The van der Waals surface area contributed by atoms with Gasteiger partial charge in [-0.2, -0.15) is 0 Å². The summed E-state index contributed by atoms with van der Waals surface area (Å²) in [5.74, 6) is 0.646. The number of rotatable bonds is 4. The summed E-state index contributed by atoms with van der Waals surface area (Å²) in [5, 5.41) is 12.4. The molecule has 1 unspecified atom stereocenters. The number of aliphatic hydroxyl groups is 1. The zero-order chi connectivity index (χ0) is 13.3. The molecule has 1 aromatic carbocycles. The van der Waals surface area contributed by atoms with Crippen molar-refractivity contribution in [1.82, 2.24) is 0 Å². The standard InChI is InChI=1S/C14H19NO3/c1-4-9(16)8-18-11-7-5-6-10-12(11)14(2,3)13(17)15-10/h5-7,9,16H,4,8H2,1-3H3,(H,15,17). The van der Waals surface area contributed by atoms with Crippen molar-refractivity contribution in [1.29, 1.82) is 0 Å². The third-order valence-electron chi connectivity index (χ3n) is 3.37. The molecule has 18 heavy (non-hydrogen) atoms. The summed E-state index contributed by atoms with van der Waals surface area (Å²) in [6.07, 6.45) is 0.171. The Bertz CT molecular complexity index is 468. The lowest BCUT2D eigenvalue weighted by Gasteiger charge is -2.20. The maximum absolute atomic E-state index is 11.9. The fourth-order valence-corrected chi connectivity index (χ4v) is 2.10. The van der Waals surface area contributed by atoms with Crippen molar-refractivity contribution < 1.29 is 14.6 Å². The Morgan fingerprint density at radius 1 is 1.44 bits per heavy atom. The van der Waals surface area contributed by atoms with Crippen LogP contribution in [0.3, 0.4) is 0 Å². The van der Waals surface area contributed by atoms with Gasteiger partial charge in [0.05, 0.1) is 11.5 Å². The van der Waals surface area contributed by atoms with Crippen LogP contribution in [-0.4, -0.2) is 23.7 Å². The number of hydrogen-bond acceptors (Lipinski definition) is 3. The van der Waals surface area contributed by atoms with E-state index in [1.165, 1.54) is 0 Å². The summed E-state index contributed by atoms with van der Waals surface area (Å²) in [4.78, 5) is 11.9. The highest BCUT2D eigenvalue weighted by molar-refractivity contribution is 6.06. The number of anilines is 1. The van der Waals surface area contributed by atoms with Gasteiger partial charge in [-0.15, -0.1) is 0 Å². The molecule has 2 rings (SSSR count). The van der Waals surface area contributed by atoms with E-state index in [1.54, 1.807) is 0 Å². The summed E-state index contributed by atoms with van der Waals surface area (Å²) >= 11 is 0. The molecule has 1 atom stereocenters. The first-order valence-electron chi connectivity index (χ1n) is 6.22.